The molecule has 0 aliphatic carbocycles. The summed E-state index contributed by atoms with van der Waals surface area (Å²) >= 11 is 5.80. The van der Waals surface area contributed by atoms with Gasteiger partial charge in [0.1, 0.15) is 5.75 Å². The number of hydrazone groups is 1. The fourth-order valence-electron chi connectivity index (χ4n) is 2.96. The van der Waals surface area contributed by atoms with Crippen molar-refractivity contribution >= 4 is 33.7 Å². The first-order valence-corrected chi connectivity index (χ1v) is 10.8. The number of aromatic nitrogens is 1. The second-order valence-corrected chi connectivity index (χ2v) is 8.97. The Labute approximate surface area is 179 Å². The first-order chi connectivity index (χ1) is 14.1. The average Bonchev–Trinajstić information content (AvgIpc) is 2.98. The minimum Gasteiger partial charge on any atom is -0.506 e. The summed E-state index contributed by atoms with van der Waals surface area (Å²) in [7, 11) is -3.76. The number of carbonyl (C=O) groups is 1. The maximum Gasteiger partial charge on any atom is 0.271 e. The SMILES string of the molecule is Cc1ccc(S(=O)(=O)n2c(C)cc(C=NNC(=O)c3ccc(O)c(Cl)c3)c2C)cc1. The Bertz CT molecular complexity index is 1250. The summed E-state index contributed by atoms with van der Waals surface area (Å²) in [5.41, 5.74) is 5.09. The van der Waals surface area contributed by atoms with Crippen molar-refractivity contribution in [3.8, 4) is 5.75 Å². The van der Waals surface area contributed by atoms with E-state index in [1.54, 1.807) is 44.2 Å². The van der Waals surface area contributed by atoms with Crippen molar-refractivity contribution in [3.63, 3.8) is 0 Å². The van der Waals surface area contributed by atoms with Gasteiger partial charge in [-0.15, -0.1) is 0 Å². The monoisotopic (exact) mass is 445 g/mol. The predicted octanol–water partition coefficient (Wildman–Crippen LogP) is 3.77. The van der Waals surface area contributed by atoms with Crippen LogP contribution >= 0.6 is 11.6 Å². The van der Waals surface area contributed by atoms with E-state index in [4.69, 9.17) is 11.6 Å². The highest BCUT2D eigenvalue weighted by Gasteiger charge is 2.22. The van der Waals surface area contributed by atoms with Crippen molar-refractivity contribution in [3.05, 3.63) is 81.6 Å². The van der Waals surface area contributed by atoms with Gasteiger partial charge >= 0.3 is 0 Å². The molecule has 3 aromatic rings. The van der Waals surface area contributed by atoms with Crippen molar-refractivity contribution in [1.82, 2.24) is 9.40 Å². The lowest BCUT2D eigenvalue weighted by molar-refractivity contribution is 0.0955. The molecule has 0 aliphatic heterocycles. The van der Waals surface area contributed by atoms with E-state index in [0.29, 0.717) is 17.0 Å². The summed E-state index contributed by atoms with van der Waals surface area (Å²) in [6, 6.07) is 12.3. The number of rotatable bonds is 5. The Morgan fingerprint density at radius 2 is 1.77 bits per heavy atom. The van der Waals surface area contributed by atoms with E-state index in [2.05, 4.69) is 10.5 Å². The molecule has 0 radical (unpaired) electrons. The van der Waals surface area contributed by atoms with Gasteiger partial charge < -0.3 is 5.11 Å². The summed E-state index contributed by atoms with van der Waals surface area (Å²) in [6.45, 7) is 5.24. The molecule has 156 valence electrons. The predicted molar refractivity (Wildman–Crippen MR) is 116 cm³/mol. The van der Waals surface area contributed by atoms with E-state index in [-0.39, 0.29) is 21.2 Å². The topological polar surface area (TPSA) is 101 Å². The number of halogens is 1. The maximum atomic E-state index is 13.0. The summed E-state index contributed by atoms with van der Waals surface area (Å²) < 4.78 is 27.3. The van der Waals surface area contributed by atoms with E-state index < -0.39 is 15.9 Å². The van der Waals surface area contributed by atoms with Crippen molar-refractivity contribution in [1.29, 1.82) is 0 Å². The van der Waals surface area contributed by atoms with Gasteiger partial charge in [-0.2, -0.15) is 5.10 Å². The molecule has 7 nitrogen and oxygen atoms in total. The fourth-order valence-corrected chi connectivity index (χ4v) is 4.73. The summed E-state index contributed by atoms with van der Waals surface area (Å²) in [5, 5.41) is 13.4. The van der Waals surface area contributed by atoms with Crippen LogP contribution in [-0.4, -0.2) is 29.6 Å². The van der Waals surface area contributed by atoms with Crippen LogP contribution < -0.4 is 5.43 Å². The number of hydrogen-bond acceptors (Lipinski definition) is 5. The molecule has 0 aliphatic rings. The summed E-state index contributed by atoms with van der Waals surface area (Å²) in [5.74, 6) is -0.645. The van der Waals surface area contributed by atoms with Crippen LogP contribution in [0.3, 0.4) is 0 Å². The quantitative estimate of drug-likeness (QED) is 0.461. The van der Waals surface area contributed by atoms with Crippen molar-refractivity contribution in [2.24, 2.45) is 5.10 Å². The van der Waals surface area contributed by atoms with E-state index in [9.17, 15) is 18.3 Å². The molecule has 1 amide bonds. The molecule has 0 spiro atoms. The molecular formula is C21H20ClN3O4S. The second kappa shape index (κ2) is 8.33. The highest BCUT2D eigenvalue weighted by Crippen LogP contribution is 2.24. The third-order valence-electron chi connectivity index (χ3n) is 4.55. The molecule has 0 unspecified atom stereocenters. The molecular weight excluding hydrogens is 426 g/mol. The largest absolute Gasteiger partial charge is 0.506 e. The lowest BCUT2D eigenvalue weighted by Crippen LogP contribution is -2.18. The maximum absolute atomic E-state index is 13.0. The Kier molecular flexibility index (Phi) is 6.00. The minimum absolute atomic E-state index is 0.0523. The van der Waals surface area contributed by atoms with Gasteiger partial charge in [0.2, 0.25) is 0 Å². The third-order valence-corrected chi connectivity index (χ3v) is 6.76. The van der Waals surface area contributed by atoms with Crippen molar-refractivity contribution in [2.75, 3.05) is 0 Å². The Balaban J connectivity index is 1.84. The molecule has 30 heavy (non-hydrogen) atoms. The molecule has 9 heteroatoms. The van der Waals surface area contributed by atoms with Crippen LogP contribution in [0.4, 0.5) is 0 Å². The van der Waals surface area contributed by atoms with Gasteiger partial charge in [-0.05, 0) is 57.2 Å². The number of amides is 1. The minimum atomic E-state index is -3.76. The number of phenols is 1. The van der Waals surface area contributed by atoms with Crippen molar-refractivity contribution in [2.45, 2.75) is 25.7 Å². The van der Waals surface area contributed by atoms with E-state index in [0.717, 1.165) is 5.56 Å². The zero-order valence-electron chi connectivity index (χ0n) is 16.5. The van der Waals surface area contributed by atoms with Crippen LogP contribution in [-0.2, 0) is 10.0 Å². The number of phenolic OH excluding ortho intramolecular Hbond substituents is 1. The standard InChI is InChI=1S/C21H20ClN3O4S/c1-13-4-7-18(8-5-13)30(28,29)25-14(2)10-17(15(25)3)12-23-24-21(27)16-6-9-20(26)19(22)11-16/h4-12,26H,1-3H3,(H,24,27). The average molecular weight is 446 g/mol. The number of aromatic hydroxyl groups is 1. The number of hydrogen-bond donors (Lipinski definition) is 2. The smallest absolute Gasteiger partial charge is 0.271 e. The zero-order valence-corrected chi connectivity index (χ0v) is 18.1. The molecule has 0 fully saturated rings. The Hall–Kier alpha value is -3.10. The summed E-state index contributed by atoms with van der Waals surface area (Å²) in [4.78, 5) is 12.4. The first kappa shape index (κ1) is 21.6. The molecule has 3 rings (SSSR count). The zero-order chi connectivity index (χ0) is 22.1. The lowest BCUT2D eigenvalue weighted by Gasteiger charge is -2.11. The van der Waals surface area contributed by atoms with Crippen LogP contribution in [0.5, 0.6) is 5.75 Å². The van der Waals surface area contributed by atoms with E-state index in [1.807, 2.05) is 6.92 Å². The van der Waals surface area contributed by atoms with Gasteiger partial charge in [-0.25, -0.2) is 17.8 Å². The Morgan fingerprint density at radius 3 is 2.40 bits per heavy atom. The van der Waals surface area contributed by atoms with Crippen LogP contribution in [0.25, 0.3) is 0 Å². The fraction of sp³-hybridized carbons (Fsp3) is 0.143. The van der Waals surface area contributed by atoms with Gasteiger partial charge in [0.15, 0.2) is 0 Å². The molecule has 0 saturated carbocycles. The summed E-state index contributed by atoms with van der Waals surface area (Å²) in [6.07, 6.45) is 1.38. The van der Waals surface area contributed by atoms with E-state index >= 15 is 0 Å². The number of nitrogens with one attached hydrogen (secondary N) is 1. The van der Waals surface area contributed by atoms with Gasteiger partial charge in [0.05, 0.1) is 16.1 Å². The Morgan fingerprint density at radius 1 is 1.10 bits per heavy atom. The van der Waals surface area contributed by atoms with Gasteiger partial charge in [0.25, 0.3) is 15.9 Å². The molecule has 0 atom stereocenters. The molecule has 1 aromatic heterocycles. The normalized spacial score (nSPS) is 11.7. The number of nitrogens with zero attached hydrogens (tertiary/aromatic N) is 2. The second-order valence-electron chi connectivity index (χ2n) is 6.77. The van der Waals surface area contributed by atoms with Crippen LogP contribution in [0.1, 0.15) is 32.9 Å². The highest BCUT2D eigenvalue weighted by molar-refractivity contribution is 7.90. The molecule has 0 saturated heterocycles. The van der Waals surface area contributed by atoms with Gasteiger partial charge in [-0.1, -0.05) is 29.3 Å². The van der Waals surface area contributed by atoms with Crippen LogP contribution in [0.2, 0.25) is 5.02 Å². The number of aryl methyl sites for hydroxylation is 2. The molecule has 0 bridgehead atoms. The molecule has 2 aromatic carbocycles. The number of benzene rings is 2. The van der Waals surface area contributed by atoms with Crippen LogP contribution in [0, 0.1) is 20.8 Å². The van der Waals surface area contributed by atoms with E-state index in [1.165, 1.54) is 28.4 Å². The lowest BCUT2D eigenvalue weighted by atomic mass is 10.2. The molecule has 2 N–H and O–H groups in total. The first-order valence-electron chi connectivity index (χ1n) is 8.94. The van der Waals surface area contributed by atoms with Crippen LogP contribution in [0.15, 0.2) is 58.5 Å². The number of carbonyl (C=O) groups excluding carboxylic acids is 1. The third kappa shape index (κ3) is 4.24. The molecule has 1 heterocycles. The van der Waals surface area contributed by atoms with Crippen molar-refractivity contribution < 1.29 is 18.3 Å². The van der Waals surface area contributed by atoms with Gasteiger partial charge in [-0.3, -0.25) is 4.79 Å². The van der Waals surface area contributed by atoms with Gasteiger partial charge in [0, 0.05) is 22.5 Å². The highest BCUT2D eigenvalue weighted by atomic mass is 35.5.